The summed E-state index contributed by atoms with van der Waals surface area (Å²) in [5.74, 6) is 0. The van der Waals surface area contributed by atoms with Gasteiger partial charge in [-0.05, 0) is 45.3 Å². The maximum absolute atomic E-state index is 12.7. The van der Waals surface area contributed by atoms with E-state index in [4.69, 9.17) is 0 Å². The molecule has 3 rings (SSSR count). The third-order valence-electron chi connectivity index (χ3n) is 4.68. The van der Waals surface area contributed by atoms with E-state index in [0.29, 0.717) is 12.6 Å². The van der Waals surface area contributed by atoms with E-state index in [2.05, 4.69) is 31.1 Å². The number of rotatable bonds is 5. The predicted molar refractivity (Wildman–Crippen MR) is 84.7 cm³/mol. The van der Waals surface area contributed by atoms with Gasteiger partial charge in [-0.2, -0.15) is 4.31 Å². The molecule has 5 heteroatoms. The standard InChI is InChI=1S/C16H24N2O2S/c1-17(2)15-10-11-18(21(19,20)14-8-9-14)16(15)12-13-6-4-3-5-7-13/h3-7,14-16H,8-12H2,1-2H3/t15-,16+/m1/s1. The van der Waals surface area contributed by atoms with Crippen molar-refractivity contribution in [3.05, 3.63) is 35.9 Å². The average molecular weight is 308 g/mol. The fourth-order valence-electron chi connectivity index (χ4n) is 3.38. The molecule has 0 radical (unpaired) electrons. The maximum Gasteiger partial charge on any atom is 0.217 e. The highest BCUT2D eigenvalue weighted by Crippen LogP contribution is 2.36. The van der Waals surface area contributed by atoms with Crippen LogP contribution in [0.3, 0.4) is 0 Å². The van der Waals surface area contributed by atoms with Gasteiger partial charge in [0.1, 0.15) is 0 Å². The zero-order valence-corrected chi connectivity index (χ0v) is 13.6. The number of likely N-dealkylation sites (N-methyl/N-ethyl adjacent to an activating group) is 1. The summed E-state index contributed by atoms with van der Waals surface area (Å²) >= 11 is 0. The summed E-state index contributed by atoms with van der Waals surface area (Å²) in [6.07, 6.45) is 3.40. The van der Waals surface area contributed by atoms with Crippen molar-refractivity contribution < 1.29 is 8.42 Å². The van der Waals surface area contributed by atoms with Crippen LogP contribution in [-0.4, -0.2) is 55.6 Å². The molecule has 2 fully saturated rings. The molecule has 21 heavy (non-hydrogen) atoms. The molecular weight excluding hydrogens is 284 g/mol. The van der Waals surface area contributed by atoms with E-state index < -0.39 is 10.0 Å². The molecule has 1 aliphatic carbocycles. The Kier molecular flexibility index (Phi) is 4.08. The summed E-state index contributed by atoms with van der Waals surface area (Å²) in [6.45, 7) is 0.666. The lowest BCUT2D eigenvalue weighted by Crippen LogP contribution is -2.46. The molecule has 0 spiro atoms. The summed E-state index contributed by atoms with van der Waals surface area (Å²) in [7, 11) is 1.01. The van der Waals surface area contributed by atoms with Gasteiger partial charge in [-0.3, -0.25) is 0 Å². The predicted octanol–water partition coefficient (Wildman–Crippen LogP) is 1.73. The molecule has 0 amide bonds. The lowest BCUT2D eigenvalue weighted by molar-refractivity contribution is 0.237. The first kappa shape index (κ1) is 15.0. The minimum atomic E-state index is -3.09. The molecule has 0 bridgehead atoms. The second-order valence-corrected chi connectivity index (χ2v) is 8.60. The molecule has 116 valence electrons. The molecule has 2 atom stereocenters. The van der Waals surface area contributed by atoms with E-state index in [1.165, 1.54) is 5.56 Å². The molecular formula is C16H24N2O2S. The Bertz CT molecular complexity index is 582. The van der Waals surface area contributed by atoms with Gasteiger partial charge in [-0.15, -0.1) is 0 Å². The number of benzene rings is 1. The van der Waals surface area contributed by atoms with Gasteiger partial charge in [0.15, 0.2) is 0 Å². The Balaban J connectivity index is 1.86. The highest BCUT2D eigenvalue weighted by Gasteiger charge is 2.47. The molecule has 1 heterocycles. The fraction of sp³-hybridized carbons (Fsp3) is 0.625. The van der Waals surface area contributed by atoms with Crippen LogP contribution in [0.4, 0.5) is 0 Å². The van der Waals surface area contributed by atoms with Gasteiger partial charge in [0.2, 0.25) is 10.0 Å². The molecule has 0 aromatic heterocycles. The Morgan fingerprint density at radius 3 is 2.38 bits per heavy atom. The summed E-state index contributed by atoms with van der Waals surface area (Å²) in [4.78, 5) is 2.18. The SMILES string of the molecule is CN(C)[C@@H]1CCN(S(=O)(=O)C2CC2)[C@H]1Cc1ccccc1. The van der Waals surface area contributed by atoms with Crippen molar-refractivity contribution in [1.82, 2.24) is 9.21 Å². The van der Waals surface area contributed by atoms with Gasteiger partial charge in [0, 0.05) is 18.6 Å². The lowest BCUT2D eigenvalue weighted by atomic mass is 10.0. The number of hydrogen-bond acceptors (Lipinski definition) is 3. The monoisotopic (exact) mass is 308 g/mol. The Labute approximate surface area is 127 Å². The molecule has 4 nitrogen and oxygen atoms in total. The van der Waals surface area contributed by atoms with Crippen LogP contribution in [0.25, 0.3) is 0 Å². The van der Waals surface area contributed by atoms with Crippen molar-refractivity contribution in [3.8, 4) is 0 Å². The van der Waals surface area contributed by atoms with Crippen LogP contribution < -0.4 is 0 Å². The van der Waals surface area contributed by atoms with Gasteiger partial charge in [-0.1, -0.05) is 30.3 Å². The zero-order valence-electron chi connectivity index (χ0n) is 12.8. The van der Waals surface area contributed by atoms with E-state index in [0.717, 1.165) is 25.7 Å². The average Bonchev–Trinajstić information content (AvgIpc) is 3.22. The van der Waals surface area contributed by atoms with Crippen LogP contribution in [0.2, 0.25) is 0 Å². The maximum atomic E-state index is 12.7. The van der Waals surface area contributed by atoms with E-state index in [9.17, 15) is 8.42 Å². The second-order valence-electron chi connectivity index (χ2n) is 6.43. The smallest absolute Gasteiger partial charge is 0.217 e. The van der Waals surface area contributed by atoms with Crippen LogP contribution in [0.1, 0.15) is 24.8 Å². The van der Waals surface area contributed by atoms with E-state index >= 15 is 0 Å². The van der Waals surface area contributed by atoms with Crippen molar-refractivity contribution >= 4 is 10.0 Å². The molecule has 1 saturated carbocycles. The van der Waals surface area contributed by atoms with Gasteiger partial charge in [0.25, 0.3) is 0 Å². The highest BCUT2D eigenvalue weighted by molar-refractivity contribution is 7.90. The molecule has 1 aromatic rings. The minimum Gasteiger partial charge on any atom is -0.305 e. The van der Waals surface area contributed by atoms with Crippen molar-refractivity contribution in [2.45, 2.75) is 43.0 Å². The molecule has 1 aromatic carbocycles. The molecule has 2 aliphatic rings. The lowest BCUT2D eigenvalue weighted by Gasteiger charge is -2.31. The van der Waals surface area contributed by atoms with Gasteiger partial charge in [-0.25, -0.2) is 8.42 Å². The van der Waals surface area contributed by atoms with E-state index in [1.807, 2.05) is 18.2 Å². The minimum absolute atomic E-state index is 0.0630. The zero-order chi connectivity index (χ0) is 15.0. The Hall–Kier alpha value is -0.910. The largest absolute Gasteiger partial charge is 0.305 e. The number of hydrogen-bond donors (Lipinski definition) is 0. The Morgan fingerprint density at radius 1 is 1.14 bits per heavy atom. The van der Waals surface area contributed by atoms with Crippen molar-refractivity contribution in [1.29, 1.82) is 0 Å². The first-order valence-electron chi connectivity index (χ1n) is 7.71. The summed E-state index contributed by atoms with van der Waals surface area (Å²) in [5.41, 5.74) is 1.22. The van der Waals surface area contributed by atoms with Gasteiger partial charge < -0.3 is 4.90 Å². The third kappa shape index (κ3) is 3.00. The van der Waals surface area contributed by atoms with E-state index in [-0.39, 0.29) is 11.3 Å². The van der Waals surface area contributed by atoms with Gasteiger partial charge >= 0.3 is 0 Å². The van der Waals surface area contributed by atoms with E-state index in [1.54, 1.807) is 4.31 Å². The molecule has 0 unspecified atom stereocenters. The topological polar surface area (TPSA) is 40.6 Å². The fourth-order valence-corrected chi connectivity index (χ4v) is 5.45. The summed E-state index contributed by atoms with van der Waals surface area (Å²) < 4.78 is 27.1. The van der Waals surface area contributed by atoms with Crippen LogP contribution >= 0.6 is 0 Å². The van der Waals surface area contributed by atoms with Gasteiger partial charge in [0.05, 0.1) is 5.25 Å². The first-order chi connectivity index (χ1) is 10.00. The molecule has 1 aliphatic heterocycles. The third-order valence-corrected chi connectivity index (χ3v) is 7.10. The van der Waals surface area contributed by atoms with Crippen molar-refractivity contribution in [3.63, 3.8) is 0 Å². The highest BCUT2D eigenvalue weighted by atomic mass is 32.2. The normalized spacial score (nSPS) is 27.4. The van der Waals surface area contributed by atoms with Crippen molar-refractivity contribution in [2.24, 2.45) is 0 Å². The molecule has 1 saturated heterocycles. The van der Waals surface area contributed by atoms with Crippen LogP contribution in [0, 0.1) is 0 Å². The quantitative estimate of drug-likeness (QED) is 0.832. The summed E-state index contributed by atoms with van der Waals surface area (Å²) in [6, 6.07) is 10.6. The first-order valence-corrected chi connectivity index (χ1v) is 9.21. The molecule has 0 N–H and O–H groups in total. The number of sulfonamides is 1. The van der Waals surface area contributed by atoms with Crippen LogP contribution in [0.5, 0.6) is 0 Å². The Morgan fingerprint density at radius 2 is 1.81 bits per heavy atom. The second kappa shape index (κ2) is 5.71. The van der Waals surface area contributed by atoms with Crippen molar-refractivity contribution in [2.75, 3.05) is 20.6 Å². The van der Waals surface area contributed by atoms with Crippen LogP contribution in [-0.2, 0) is 16.4 Å². The van der Waals surface area contributed by atoms with Crippen LogP contribution in [0.15, 0.2) is 30.3 Å². The summed E-state index contributed by atoms with van der Waals surface area (Å²) in [5, 5.41) is -0.114. The number of nitrogens with zero attached hydrogens (tertiary/aromatic N) is 2.